The number of urea groups is 1. The molecule has 1 aromatic heterocycles. The number of imide groups is 1. The monoisotopic (exact) mass is 505 g/mol. The average Bonchev–Trinajstić information content (AvgIpc) is 3.27. The molecule has 4 amide bonds. The molecule has 2 aliphatic rings. The molecule has 3 heterocycles. The van der Waals surface area contributed by atoms with E-state index in [9.17, 15) is 14.4 Å². The molecular weight excluding hydrogens is 485 g/mol. The van der Waals surface area contributed by atoms with Gasteiger partial charge in [-0.05, 0) is 31.2 Å². The summed E-state index contributed by atoms with van der Waals surface area (Å²) in [7, 11) is 1.73. The fourth-order valence-electron chi connectivity index (χ4n) is 4.56. The molecule has 3 aromatic rings. The minimum absolute atomic E-state index is 0.127. The lowest BCUT2D eigenvalue weighted by atomic mass is 9.88. The lowest BCUT2D eigenvalue weighted by Gasteiger charge is -2.51. The molecule has 2 aliphatic heterocycles. The Hall–Kier alpha value is -4.16. The quantitative estimate of drug-likeness (QED) is 0.499. The summed E-state index contributed by atoms with van der Waals surface area (Å²) in [6, 6.07) is 10.9. The third-order valence-electron chi connectivity index (χ3n) is 6.38. The molecule has 0 N–H and O–H groups in total. The zero-order valence-electron chi connectivity index (χ0n) is 19.5. The Bertz CT molecular complexity index is 1440. The van der Waals surface area contributed by atoms with Crippen molar-refractivity contribution in [3.05, 3.63) is 76.8 Å². The van der Waals surface area contributed by atoms with Gasteiger partial charge in [0.25, 0.3) is 5.91 Å². The number of amides is 4. The Labute approximate surface area is 211 Å². The first-order valence-corrected chi connectivity index (χ1v) is 11.6. The summed E-state index contributed by atoms with van der Waals surface area (Å²) in [6.45, 7) is 1.91. The molecule has 2 fully saturated rings. The number of benzene rings is 2. The minimum atomic E-state index is -1.41. The summed E-state index contributed by atoms with van der Waals surface area (Å²) in [5.74, 6) is 3.79. The van der Waals surface area contributed by atoms with Crippen molar-refractivity contribution < 1.29 is 18.8 Å². The van der Waals surface area contributed by atoms with Gasteiger partial charge < -0.3 is 9.80 Å². The number of rotatable bonds is 2. The first-order valence-electron chi connectivity index (χ1n) is 11.2. The number of fused-ring (bicyclic) bond motifs is 1. The predicted octanol–water partition coefficient (Wildman–Crippen LogP) is 3.58. The van der Waals surface area contributed by atoms with E-state index in [1.54, 1.807) is 31.0 Å². The molecule has 36 heavy (non-hydrogen) atoms. The van der Waals surface area contributed by atoms with Crippen molar-refractivity contribution in [1.82, 2.24) is 14.7 Å². The van der Waals surface area contributed by atoms with Gasteiger partial charge in [-0.3, -0.25) is 14.3 Å². The summed E-state index contributed by atoms with van der Waals surface area (Å²) < 4.78 is 16.8. The van der Waals surface area contributed by atoms with E-state index in [1.807, 2.05) is 30.3 Å². The Balaban J connectivity index is 1.44. The van der Waals surface area contributed by atoms with Crippen LogP contribution in [0.5, 0.6) is 0 Å². The molecule has 10 heteroatoms. The van der Waals surface area contributed by atoms with Crippen molar-refractivity contribution >= 4 is 40.8 Å². The van der Waals surface area contributed by atoms with Crippen LogP contribution in [0.15, 0.2) is 54.9 Å². The van der Waals surface area contributed by atoms with Crippen LogP contribution in [0.3, 0.4) is 0 Å². The van der Waals surface area contributed by atoms with E-state index in [0.717, 1.165) is 16.5 Å². The number of halogens is 2. The molecule has 8 nitrogen and oxygen atoms in total. The molecule has 0 saturated carbocycles. The standard InChI is InChI=1S/C26H21ClFN5O3/c1-26-14-22(34)33(25(36)32(26)11-10-31(24(26)35)19-15-29-30(2)16-19)23-20(27)12-18(13-21(23)28)9-8-17-6-4-3-5-7-17/h3-7,12-13,15-16H,10-11,14H2,1-2H3/t26-/m0/s1. The number of anilines is 2. The SMILES string of the molecule is Cn1cc(N2CCN3C(=O)N(c4c(F)cc(C#Cc5ccccc5)cc4Cl)C(=O)C[C@@]3(C)C2=O)cn1. The van der Waals surface area contributed by atoms with Crippen LogP contribution in [0, 0.1) is 17.7 Å². The summed E-state index contributed by atoms with van der Waals surface area (Å²) >= 11 is 6.37. The highest BCUT2D eigenvalue weighted by Crippen LogP contribution is 2.39. The Morgan fingerprint density at radius 1 is 1.06 bits per heavy atom. The van der Waals surface area contributed by atoms with Crippen molar-refractivity contribution in [2.24, 2.45) is 7.05 Å². The molecule has 2 aromatic carbocycles. The number of carbonyl (C=O) groups excluding carboxylic acids is 3. The maximum absolute atomic E-state index is 15.2. The van der Waals surface area contributed by atoms with Crippen molar-refractivity contribution in [2.75, 3.05) is 22.9 Å². The number of carbonyl (C=O) groups is 3. The molecule has 0 radical (unpaired) electrons. The molecule has 0 bridgehead atoms. The first kappa shape index (κ1) is 23.6. The number of aromatic nitrogens is 2. The molecule has 0 unspecified atom stereocenters. The maximum atomic E-state index is 15.2. The van der Waals surface area contributed by atoms with Crippen LogP contribution in [0.1, 0.15) is 24.5 Å². The second-order valence-electron chi connectivity index (χ2n) is 8.85. The van der Waals surface area contributed by atoms with Crippen LogP contribution in [0.25, 0.3) is 0 Å². The summed E-state index contributed by atoms with van der Waals surface area (Å²) in [5, 5.41) is 3.97. The summed E-state index contributed by atoms with van der Waals surface area (Å²) in [5.41, 5.74) is -0.142. The van der Waals surface area contributed by atoms with E-state index in [-0.39, 0.29) is 30.2 Å². The number of nitrogens with zero attached hydrogens (tertiary/aromatic N) is 5. The Morgan fingerprint density at radius 2 is 1.78 bits per heavy atom. The zero-order valence-corrected chi connectivity index (χ0v) is 20.3. The summed E-state index contributed by atoms with van der Waals surface area (Å²) in [6.07, 6.45) is 2.92. The van der Waals surface area contributed by atoms with Gasteiger partial charge in [0.15, 0.2) is 0 Å². The van der Waals surface area contributed by atoms with Gasteiger partial charge in [-0.2, -0.15) is 5.10 Å². The number of aryl methyl sites for hydroxylation is 1. The third kappa shape index (κ3) is 3.89. The van der Waals surface area contributed by atoms with E-state index in [2.05, 4.69) is 16.9 Å². The third-order valence-corrected chi connectivity index (χ3v) is 6.67. The highest BCUT2D eigenvalue weighted by molar-refractivity contribution is 6.35. The normalized spacial score (nSPS) is 19.8. The van der Waals surface area contributed by atoms with Gasteiger partial charge in [0.05, 0.1) is 23.3 Å². The van der Waals surface area contributed by atoms with Gasteiger partial charge in [0.1, 0.15) is 17.0 Å². The topological polar surface area (TPSA) is 78.8 Å². The lowest BCUT2D eigenvalue weighted by molar-refractivity contribution is -0.137. The van der Waals surface area contributed by atoms with Crippen LogP contribution in [0.2, 0.25) is 5.02 Å². The van der Waals surface area contributed by atoms with Crippen molar-refractivity contribution in [2.45, 2.75) is 18.9 Å². The maximum Gasteiger partial charge on any atom is 0.332 e. The van der Waals surface area contributed by atoms with Gasteiger partial charge in [-0.1, -0.05) is 41.6 Å². The summed E-state index contributed by atoms with van der Waals surface area (Å²) in [4.78, 5) is 43.6. The van der Waals surface area contributed by atoms with Gasteiger partial charge in [-0.15, -0.1) is 0 Å². The first-order chi connectivity index (χ1) is 17.2. The molecule has 0 aliphatic carbocycles. The minimum Gasteiger partial charge on any atom is -0.307 e. The van der Waals surface area contributed by atoms with E-state index < -0.39 is 29.2 Å². The van der Waals surface area contributed by atoms with E-state index in [1.165, 1.54) is 15.9 Å². The molecule has 0 spiro atoms. The van der Waals surface area contributed by atoms with E-state index in [4.69, 9.17) is 11.6 Å². The number of hydrogen-bond donors (Lipinski definition) is 0. The largest absolute Gasteiger partial charge is 0.332 e. The van der Waals surface area contributed by atoms with Crippen LogP contribution < -0.4 is 9.80 Å². The number of hydrogen-bond acceptors (Lipinski definition) is 4. The average molecular weight is 506 g/mol. The second-order valence-corrected chi connectivity index (χ2v) is 9.25. The van der Waals surface area contributed by atoms with Crippen LogP contribution in [-0.2, 0) is 16.6 Å². The van der Waals surface area contributed by atoms with Crippen molar-refractivity contribution in [1.29, 1.82) is 0 Å². The fourth-order valence-corrected chi connectivity index (χ4v) is 4.86. The van der Waals surface area contributed by atoms with Crippen LogP contribution in [0.4, 0.5) is 20.6 Å². The number of piperazine rings is 1. The Morgan fingerprint density at radius 3 is 2.44 bits per heavy atom. The molecule has 2 saturated heterocycles. The zero-order chi connectivity index (χ0) is 25.6. The smallest absolute Gasteiger partial charge is 0.307 e. The van der Waals surface area contributed by atoms with E-state index in [0.29, 0.717) is 11.3 Å². The molecule has 5 rings (SSSR count). The molecule has 182 valence electrons. The Kier molecular flexibility index (Phi) is 5.77. The highest BCUT2D eigenvalue weighted by atomic mass is 35.5. The van der Waals surface area contributed by atoms with Crippen molar-refractivity contribution in [3.8, 4) is 11.8 Å². The highest BCUT2D eigenvalue weighted by Gasteiger charge is 2.56. The predicted molar refractivity (Wildman–Crippen MR) is 132 cm³/mol. The van der Waals surface area contributed by atoms with Crippen molar-refractivity contribution in [3.63, 3.8) is 0 Å². The van der Waals surface area contributed by atoms with Gasteiger partial charge in [-0.25, -0.2) is 14.1 Å². The molecule has 1 atom stereocenters. The van der Waals surface area contributed by atoms with Gasteiger partial charge >= 0.3 is 6.03 Å². The van der Waals surface area contributed by atoms with E-state index >= 15 is 4.39 Å². The lowest BCUT2D eigenvalue weighted by Crippen LogP contribution is -2.72. The fraction of sp³-hybridized carbons (Fsp3) is 0.231. The van der Waals surface area contributed by atoms with Gasteiger partial charge in [0, 0.05) is 37.5 Å². The second kappa shape index (κ2) is 8.81. The van der Waals surface area contributed by atoms with Crippen LogP contribution >= 0.6 is 11.6 Å². The molecular formula is C26H21ClFN5O3. The van der Waals surface area contributed by atoms with Crippen LogP contribution in [-0.4, -0.2) is 51.2 Å². The van der Waals surface area contributed by atoms with Gasteiger partial charge in [0.2, 0.25) is 5.91 Å².